The van der Waals surface area contributed by atoms with E-state index >= 15 is 0 Å². The Hall–Kier alpha value is -0.160. The number of rotatable bonds is 7. The van der Waals surface area contributed by atoms with E-state index in [1.54, 1.807) is 14.2 Å². The van der Waals surface area contributed by atoms with Crippen LogP contribution in [0.4, 0.5) is 0 Å². The fourth-order valence-corrected chi connectivity index (χ4v) is 3.12. The van der Waals surface area contributed by atoms with Crippen molar-refractivity contribution >= 4 is 0 Å². The van der Waals surface area contributed by atoms with Crippen molar-refractivity contribution in [1.29, 1.82) is 0 Å². The second-order valence-corrected chi connectivity index (χ2v) is 6.58. The van der Waals surface area contributed by atoms with Gasteiger partial charge in [-0.2, -0.15) is 0 Å². The van der Waals surface area contributed by atoms with Crippen molar-refractivity contribution in [1.82, 2.24) is 4.90 Å². The van der Waals surface area contributed by atoms with Crippen LogP contribution in [0.5, 0.6) is 0 Å². The highest BCUT2D eigenvalue weighted by Gasteiger charge is 2.38. The zero-order valence-corrected chi connectivity index (χ0v) is 13.2. The Kier molecular flexibility index (Phi) is 6.74. The van der Waals surface area contributed by atoms with Gasteiger partial charge in [0.25, 0.3) is 0 Å². The van der Waals surface area contributed by atoms with E-state index in [0.29, 0.717) is 24.7 Å². The van der Waals surface area contributed by atoms with Crippen molar-refractivity contribution in [3.8, 4) is 0 Å². The van der Waals surface area contributed by atoms with E-state index in [1.807, 2.05) is 0 Å². The highest BCUT2D eigenvalue weighted by molar-refractivity contribution is 4.92. The number of ether oxygens (including phenoxy) is 2. The van der Waals surface area contributed by atoms with Gasteiger partial charge in [-0.1, -0.05) is 13.8 Å². The molecule has 0 radical (unpaired) electrons. The maximum atomic E-state index is 10.4. The first-order chi connectivity index (χ1) is 8.91. The van der Waals surface area contributed by atoms with Crippen molar-refractivity contribution in [2.75, 3.05) is 34.0 Å². The van der Waals surface area contributed by atoms with Gasteiger partial charge >= 0.3 is 0 Å². The molecule has 1 rings (SSSR count). The van der Waals surface area contributed by atoms with Crippen LogP contribution in [-0.4, -0.2) is 62.2 Å². The van der Waals surface area contributed by atoms with Gasteiger partial charge in [0, 0.05) is 32.8 Å². The molecule has 0 aromatic heterocycles. The lowest BCUT2D eigenvalue weighted by Crippen LogP contribution is -2.54. The Morgan fingerprint density at radius 1 is 1.32 bits per heavy atom. The van der Waals surface area contributed by atoms with Gasteiger partial charge in [0.2, 0.25) is 0 Å². The molecule has 4 heteroatoms. The van der Waals surface area contributed by atoms with Crippen molar-refractivity contribution in [2.24, 2.45) is 5.41 Å². The molecule has 4 nitrogen and oxygen atoms in total. The van der Waals surface area contributed by atoms with Gasteiger partial charge in [-0.25, -0.2) is 0 Å². The third-order valence-corrected chi connectivity index (χ3v) is 4.28. The fourth-order valence-electron chi connectivity index (χ4n) is 3.12. The summed E-state index contributed by atoms with van der Waals surface area (Å²) in [4.78, 5) is 2.36. The molecule has 0 aromatic carbocycles. The average Bonchev–Trinajstić information content (AvgIpc) is 2.34. The molecule has 0 amide bonds. The highest BCUT2D eigenvalue weighted by atomic mass is 16.5. The van der Waals surface area contributed by atoms with Gasteiger partial charge in [-0.05, 0) is 31.6 Å². The van der Waals surface area contributed by atoms with E-state index in [1.165, 1.54) is 0 Å². The molecule has 0 aliphatic heterocycles. The van der Waals surface area contributed by atoms with Gasteiger partial charge in [0.1, 0.15) is 0 Å². The lowest BCUT2D eigenvalue weighted by atomic mass is 9.73. The van der Waals surface area contributed by atoms with Crippen LogP contribution in [0.2, 0.25) is 0 Å². The lowest BCUT2D eigenvalue weighted by molar-refractivity contribution is -0.0502. The summed E-state index contributed by atoms with van der Waals surface area (Å²) in [6, 6.07) is 0.512. The summed E-state index contributed by atoms with van der Waals surface area (Å²) in [7, 11) is 3.45. The van der Waals surface area contributed by atoms with Crippen LogP contribution in [0, 0.1) is 5.41 Å². The SMILES string of the molecule is COCCN(C(C)COC)C1CC(C)(C)CCC1O. The maximum Gasteiger partial charge on any atom is 0.0695 e. The molecule has 0 spiro atoms. The Labute approximate surface area is 118 Å². The lowest BCUT2D eigenvalue weighted by Gasteiger charge is -2.46. The minimum absolute atomic E-state index is 0.212. The third kappa shape index (κ3) is 5.03. The van der Waals surface area contributed by atoms with Crippen molar-refractivity contribution < 1.29 is 14.6 Å². The molecule has 0 saturated heterocycles. The van der Waals surface area contributed by atoms with Gasteiger partial charge in [-0.3, -0.25) is 4.90 Å². The molecule has 1 fully saturated rings. The van der Waals surface area contributed by atoms with Crippen molar-refractivity contribution in [3.05, 3.63) is 0 Å². The number of aliphatic hydroxyl groups is 1. The summed E-state index contributed by atoms with van der Waals surface area (Å²) < 4.78 is 10.5. The van der Waals surface area contributed by atoms with Gasteiger partial charge in [0.15, 0.2) is 0 Å². The van der Waals surface area contributed by atoms with Crippen molar-refractivity contribution in [2.45, 2.75) is 58.2 Å². The van der Waals surface area contributed by atoms with Crippen LogP contribution in [-0.2, 0) is 9.47 Å². The molecular weight excluding hydrogens is 242 g/mol. The first-order valence-electron chi connectivity index (χ1n) is 7.33. The molecule has 114 valence electrons. The maximum absolute atomic E-state index is 10.4. The molecule has 3 unspecified atom stereocenters. The molecule has 19 heavy (non-hydrogen) atoms. The van der Waals surface area contributed by atoms with E-state index in [4.69, 9.17) is 9.47 Å². The van der Waals surface area contributed by atoms with E-state index in [0.717, 1.165) is 25.8 Å². The van der Waals surface area contributed by atoms with E-state index in [2.05, 4.69) is 25.7 Å². The van der Waals surface area contributed by atoms with Crippen LogP contribution in [0.3, 0.4) is 0 Å². The summed E-state index contributed by atoms with van der Waals surface area (Å²) in [5.74, 6) is 0. The van der Waals surface area contributed by atoms with Gasteiger partial charge in [-0.15, -0.1) is 0 Å². The standard InChI is InChI=1S/C15H31NO3/c1-12(11-19-5)16(8-9-18-4)13-10-15(2,3)7-6-14(13)17/h12-14,17H,6-11H2,1-5H3. The van der Waals surface area contributed by atoms with Crippen molar-refractivity contribution in [3.63, 3.8) is 0 Å². The largest absolute Gasteiger partial charge is 0.391 e. The summed E-state index contributed by atoms with van der Waals surface area (Å²) in [5.41, 5.74) is 0.308. The molecule has 1 aliphatic rings. The fraction of sp³-hybridized carbons (Fsp3) is 1.00. The average molecular weight is 273 g/mol. The molecule has 0 aromatic rings. The molecule has 0 heterocycles. The van der Waals surface area contributed by atoms with Crippen LogP contribution < -0.4 is 0 Å². The normalized spacial score (nSPS) is 28.6. The predicted octanol–water partition coefficient (Wildman–Crippen LogP) is 1.91. The Balaban J connectivity index is 2.75. The van der Waals surface area contributed by atoms with Crippen LogP contribution in [0.25, 0.3) is 0 Å². The number of aliphatic hydroxyl groups excluding tert-OH is 1. The molecule has 1 aliphatic carbocycles. The molecule has 1 saturated carbocycles. The zero-order chi connectivity index (χ0) is 14.5. The van der Waals surface area contributed by atoms with E-state index in [9.17, 15) is 5.11 Å². The zero-order valence-electron chi connectivity index (χ0n) is 13.2. The predicted molar refractivity (Wildman–Crippen MR) is 77.3 cm³/mol. The monoisotopic (exact) mass is 273 g/mol. The minimum Gasteiger partial charge on any atom is -0.391 e. The molecular formula is C15H31NO3. The second-order valence-electron chi connectivity index (χ2n) is 6.58. The molecule has 1 N–H and O–H groups in total. The smallest absolute Gasteiger partial charge is 0.0695 e. The topological polar surface area (TPSA) is 41.9 Å². The Morgan fingerprint density at radius 3 is 2.58 bits per heavy atom. The first kappa shape index (κ1) is 16.9. The summed E-state index contributed by atoms with van der Waals surface area (Å²) in [6.45, 7) is 8.97. The Bertz CT molecular complexity index is 258. The summed E-state index contributed by atoms with van der Waals surface area (Å²) in [6.07, 6.45) is 2.79. The number of hydrogen-bond donors (Lipinski definition) is 1. The molecule has 3 atom stereocenters. The number of hydrogen-bond acceptors (Lipinski definition) is 4. The van der Waals surface area contributed by atoms with E-state index in [-0.39, 0.29) is 12.1 Å². The van der Waals surface area contributed by atoms with Crippen LogP contribution in [0.1, 0.15) is 40.0 Å². The van der Waals surface area contributed by atoms with Crippen LogP contribution in [0.15, 0.2) is 0 Å². The number of methoxy groups -OCH3 is 2. The third-order valence-electron chi connectivity index (χ3n) is 4.28. The number of nitrogens with zero attached hydrogens (tertiary/aromatic N) is 1. The van der Waals surface area contributed by atoms with E-state index < -0.39 is 0 Å². The first-order valence-corrected chi connectivity index (χ1v) is 7.33. The second kappa shape index (κ2) is 7.58. The van der Waals surface area contributed by atoms with Gasteiger partial charge in [0.05, 0.1) is 19.3 Å². The summed E-state index contributed by atoms with van der Waals surface area (Å²) in [5, 5.41) is 10.4. The van der Waals surface area contributed by atoms with Crippen LogP contribution >= 0.6 is 0 Å². The Morgan fingerprint density at radius 2 is 2.00 bits per heavy atom. The highest BCUT2D eigenvalue weighted by Crippen LogP contribution is 2.38. The quantitative estimate of drug-likeness (QED) is 0.769. The molecule has 0 bridgehead atoms. The minimum atomic E-state index is -0.232. The van der Waals surface area contributed by atoms with Gasteiger partial charge < -0.3 is 14.6 Å². The summed E-state index contributed by atoms with van der Waals surface area (Å²) >= 11 is 0.